The molecule has 14 heavy (non-hydrogen) atoms. The van der Waals surface area contributed by atoms with E-state index in [1.165, 1.54) is 0 Å². The van der Waals surface area contributed by atoms with Gasteiger partial charge in [0, 0.05) is 25.2 Å². The molecule has 0 radical (unpaired) electrons. The fourth-order valence-electron chi connectivity index (χ4n) is 1.22. The van der Waals surface area contributed by atoms with Crippen LogP contribution in [-0.4, -0.2) is 37.1 Å². The molecule has 3 nitrogen and oxygen atoms in total. The lowest BCUT2D eigenvalue weighted by Crippen LogP contribution is -2.41. The summed E-state index contributed by atoms with van der Waals surface area (Å²) in [5.74, 6) is 0.120. The Morgan fingerprint density at radius 3 is 2.43 bits per heavy atom. The minimum Gasteiger partial charge on any atom is -0.311 e. The number of likely N-dealkylation sites (N-methyl/N-ethyl adjacent to an activating group) is 1. The van der Waals surface area contributed by atoms with E-state index in [9.17, 15) is 0 Å². The van der Waals surface area contributed by atoms with Gasteiger partial charge in [-0.25, -0.2) is 0 Å². The van der Waals surface area contributed by atoms with E-state index in [2.05, 4.69) is 44.1 Å². The van der Waals surface area contributed by atoms with Gasteiger partial charge in [0.2, 0.25) is 0 Å². The van der Waals surface area contributed by atoms with Gasteiger partial charge in [-0.2, -0.15) is 5.26 Å². The van der Waals surface area contributed by atoms with Crippen LogP contribution in [0.2, 0.25) is 0 Å². The highest BCUT2D eigenvalue weighted by Gasteiger charge is 2.09. The van der Waals surface area contributed by atoms with Crippen LogP contribution >= 0.6 is 0 Å². The molecule has 1 N–H and O–H groups in total. The molecule has 0 saturated carbocycles. The SMILES string of the molecule is CC(C#N)CN(C)CCNC(C)(C)C. The van der Waals surface area contributed by atoms with Crippen molar-refractivity contribution < 1.29 is 0 Å². The molecular formula is C11H23N3. The van der Waals surface area contributed by atoms with E-state index in [0.717, 1.165) is 19.6 Å². The zero-order valence-electron chi connectivity index (χ0n) is 10.1. The second kappa shape index (κ2) is 6.00. The number of nitriles is 1. The molecule has 1 unspecified atom stereocenters. The van der Waals surface area contributed by atoms with E-state index in [1.54, 1.807) is 0 Å². The number of nitrogens with zero attached hydrogens (tertiary/aromatic N) is 2. The van der Waals surface area contributed by atoms with Crippen LogP contribution in [0.4, 0.5) is 0 Å². The van der Waals surface area contributed by atoms with Gasteiger partial charge in [0.1, 0.15) is 0 Å². The number of hydrogen-bond acceptors (Lipinski definition) is 3. The first-order valence-corrected chi connectivity index (χ1v) is 5.18. The Labute approximate surface area is 88.1 Å². The molecule has 0 amide bonds. The van der Waals surface area contributed by atoms with Crippen molar-refractivity contribution in [3.05, 3.63) is 0 Å². The Balaban J connectivity index is 3.56. The molecule has 0 heterocycles. The van der Waals surface area contributed by atoms with Crippen LogP contribution in [0.1, 0.15) is 27.7 Å². The van der Waals surface area contributed by atoms with E-state index < -0.39 is 0 Å². The molecular weight excluding hydrogens is 174 g/mol. The van der Waals surface area contributed by atoms with Crippen LogP contribution in [0.5, 0.6) is 0 Å². The third kappa shape index (κ3) is 8.03. The summed E-state index contributed by atoms with van der Waals surface area (Å²) >= 11 is 0. The third-order valence-electron chi connectivity index (χ3n) is 1.95. The Bertz CT molecular complexity index is 188. The van der Waals surface area contributed by atoms with Crippen molar-refractivity contribution >= 4 is 0 Å². The summed E-state index contributed by atoms with van der Waals surface area (Å²) in [4.78, 5) is 2.19. The predicted octanol–water partition coefficient (Wildman–Crippen LogP) is 1.47. The van der Waals surface area contributed by atoms with Crippen LogP contribution in [-0.2, 0) is 0 Å². The minimum absolute atomic E-state index is 0.120. The van der Waals surface area contributed by atoms with Gasteiger partial charge < -0.3 is 10.2 Å². The average molecular weight is 197 g/mol. The fourth-order valence-corrected chi connectivity index (χ4v) is 1.22. The summed E-state index contributed by atoms with van der Waals surface area (Å²) in [6, 6.07) is 2.24. The molecule has 0 aliphatic carbocycles. The molecule has 0 fully saturated rings. The Kier molecular flexibility index (Phi) is 5.75. The number of rotatable bonds is 5. The van der Waals surface area contributed by atoms with E-state index >= 15 is 0 Å². The summed E-state index contributed by atoms with van der Waals surface area (Å²) < 4.78 is 0. The summed E-state index contributed by atoms with van der Waals surface area (Å²) in [6.07, 6.45) is 0. The minimum atomic E-state index is 0.120. The lowest BCUT2D eigenvalue weighted by molar-refractivity contribution is 0.292. The standard InChI is InChI=1S/C11H23N3/c1-10(8-12)9-14(5)7-6-13-11(2,3)4/h10,13H,6-7,9H2,1-5H3. The quantitative estimate of drug-likeness (QED) is 0.725. The van der Waals surface area contributed by atoms with Crippen LogP contribution in [0, 0.1) is 17.2 Å². The van der Waals surface area contributed by atoms with Gasteiger partial charge in [-0.1, -0.05) is 0 Å². The van der Waals surface area contributed by atoms with Crippen molar-refractivity contribution in [1.29, 1.82) is 5.26 Å². The van der Waals surface area contributed by atoms with Gasteiger partial charge >= 0.3 is 0 Å². The molecule has 3 heteroatoms. The van der Waals surface area contributed by atoms with Gasteiger partial charge in [0.15, 0.2) is 0 Å². The maximum Gasteiger partial charge on any atom is 0.0666 e. The maximum absolute atomic E-state index is 8.65. The van der Waals surface area contributed by atoms with Gasteiger partial charge in [-0.15, -0.1) is 0 Å². The van der Waals surface area contributed by atoms with Crippen molar-refractivity contribution in [1.82, 2.24) is 10.2 Å². The summed E-state index contributed by atoms with van der Waals surface area (Å²) in [5.41, 5.74) is 0.182. The van der Waals surface area contributed by atoms with Gasteiger partial charge in [-0.05, 0) is 34.7 Å². The van der Waals surface area contributed by atoms with Crippen LogP contribution in [0.15, 0.2) is 0 Å². The van der Waals surface area contributed by atoms with Crippen molar-refractivity contribution in [2.45, 2.75) is 33.2 Å². The molecule has 0 spiro atoms. The average Bonchev–Trinajstić information content (AvgIpc) is 2.01. The summed E-state index contributed by atoms with van der Waals surface area (Å²) in [7, 11) is 2.05. The molecule has 0 saturated heterocycles. The van der Waals surface area contributed by atoms with E-state index in [4.69, 9.17) is 5.26 Å². The molecule has 82 valence electrons. The Morgan fingerprint density at radius 2 is 2.00 bits per heavy atom. The molecule has 0 aliphatic rings. The van der Waals surface area contributed by atoms with Crippen LogP contribution in [0.25, 0.3) is 0 Å². The second-order valence-electron chi connectivity index (χ2n) is 4.97. The monoisotopic (exact) mass is 197 g/mol. The summed E-state index contributed by atoms with van der Waals surface area (Å²) in [6.45, 7) is 11.2. The molecule has 0 bridgehead atoms. The van der Waals surface area contributed by atoms with E-state index in [0.29, 0.717) is 0 Å². The number of hydrogen-bond donors (Lipinski definition) is 1. The van der Waals surface area contributed by atoms with Crippen molar-refractivity contribution in [2.75, 3.05) is 26.7 Å². The first kappa shape index (κ1) is 13.4. The predicted molar refractivity (Wildman–Crippen MR) is 60.0 cm³/mol. The lowest BCUT2D eigenvalue weighted by atomic mass is 10.1. The largest absolute Gasteiger partial charge is 0.311 e. The smallest absolute Gasteiger partial charge is 0.0666 e. The highest BCUT2D eigenvalue weighted by atomic mass is 15.1. The van der Waals surface area contributed by atoms with Crippen LogP contribution < -0.4 is 5.32 Å². The van der Waals surface area contributed by atoms with Crippen LogP contribution in [0.3, 0.4) is 0 Å². The van der Waals surface area contributed by atoms with Crippen molar-refractivity contribution in [3.8, 4) is 6.07 Å². The van der Waals surface area contributed by atoms with Gasteiger partial charge in [-0.3, -0.25) is 0 Å². The van der Waals surface area contributed by atoms with E-state index in [1.807, 2.05) is 6.92 Å². The topological polar surface area (TPSA) is 39.1 Å². The number of nitrogens with one attached hydrogen (secondary N) is 1. The first-order chi connectivity index (χ1) is 6.35. The highest BCUT2D eigenvalue weighted by molar-refractivity contribution is 4.81. The van der Waals surface area contributed by atoms with E-state index in [-0.39, 0.29) is 11.5 Å². The molecule has 0 aromatic rings. The third-order valence-corrected chi connectivity index (χ3v) is 1.95. The Hall–Kier alpha value is -0.590. The molecule has 0 aromatic heterocycles. The van der Waals surface area contributed by atoms with Crippen molar-refractivity contribution in [2.24, 2.45) is 5.92 Å². The second-order valence-corrected chi connectivity index (χ2v) is 4.97. The first-order valence-electron chi connectivity index (χ1n) is 5.18. The molecule has 0 rings (SSSR count). The molecule has 1 atom stereocenters. The Morgan fingerprint density at radius 1 is 1.43 bits per heavy atom. The molecule has 0 aromatic carbocycles. The lowest BCUT2D eigenvalue weighted by Gasteiger charge is -2.23. The highest BCUT2D eigenvalue weighted by Crippen LogP contribution is 1.98. The zero-order valence-corrected chi connectivity index (χ0v) is 10.1. The van der Waals surface area contributed by atoms with Gasteiger partial charge in [0.05, 0.1) is 12.0 Å². The normalized spacial score (nSPS) is 14.1. The van der Waals surface area contributed by atoms with Crippen molar-refractivity contribution in [3.63, 3.8) is 0 Å². The van der Waals surface area contributed by atoms with Gasteiger partial charge in [0.25, 0.3) is 0 Å². The summed E-state index contributed by atoms with van der Waals surface area (Å²) in [5, 5.41) is 12.1. The fraction of sp³-hybridized carbons (Fsp3) is 0.909. The zero-order chi connectivity index (χ0) is 11.2. The maximum atomic E-state index is 8.65. The molecule has 0 aliphatic heterocycles.